The van der Waals surface area contributed by atoms with E-state index in [4.69, 9.17) is 4.42 Å². The van der Waals surface area contributed by atoms with Crippen LogP contribution in [0.5, 0.6) is 0 Å². The van der Waals surface area contributed by atoms with Crippen LogP contribution in [0.15, 0.2) is 211 Å². The standard InChI is InChI=1S/C52H34N2O/c1-2-14-38-34-41(32-29-35(38)13-1)53(50-25-12-21-46-45-20-6-10-26-51(45)55-52(46)50)40-30-27-36(28-31-40)37-15-11-16-39(33-37)42-17-3-7-22-47(42)54-48-23-8-4-18-43(48)44-19-5-9-24-49(44)54/h1-34H. The van der Waals surface area contributed by atoms with E-state index < -0.39 is 0 Å². The lowest BCUT2D eigenvalue weighted by Crippen LogP contribution is -2.10. The Labute approximate surface area is 318 Å². The number of fused-ring (bicyclic) bond motifs is 7. The zero-order chi connectivity index (χ0) is 36.3. The summed E-state index contributed by atoms with van der Waals surface area (Å²) in [5.74, 6) is 0. The SMILES string of the molecule is c1cc(-c2ccc(N(c3ccc4ccccc4c3)c3cccc4c3oc3ccccc34)cc2)cc(-c2ccccc2-n2c3ccccc3c3ccccc32)c1. The van der Waals surface area contributed by atoms with E-state index in [1.54, 1.807) is 0 Å². The number of rotatable bonds is 6. The first kappa shape index (κ1) is 31.2. The van der Waals surface area contributed by atoms with Gasteiger partial charge in [-0.2, -0.15) is 0 Å². The minimum atomic E-state index is 0.871. The molecular formula is C52H34N2O. The zero-order valence-electron chi connectivity index (χ0n) is 29.9. The quantitative estimate of drug-likeness (QED) is 0.172. The molecule has 9 aromatic carbocycles. The predicted molar refractivity (Wildman–Crippen MR) is 231 cm³/mol. The molecule has 0 aliphatic carbocycles. The van der Waals surface area contributed by atoms with Crippen molar-refractivity contribution in [3.63, 3.8) is 0 Å². The Kier molecular flexibility index (Phi) is 7.17. The minimum absolute atomic E-state index is 0.871. The average molecular weight is 703 g/mol. The fraction of sp³-hybridized carbons (Fsp3) is 0. The van der Waals surface area contributed by atoms with E-state index in [9.17, 15) is 0 Å². The highest BCUT2D eigenvalue weighted by atomic mass is 16.3. The van der Waals surface area contributed by atoms with Gasteiger partial charge in [0.25, 0.3) is 0 Å². The summed E-state index contributed by atoms with van der Waals surface area (Å²) in [5, 5.41) is 7.15. The molecule has 2 heterocycles. The molecule has 0 bridgehead atoms. The van der Waals surface area contributed by atoms with Crippen molar-refractivity contribution in [2.45, 2.75) is 0 Å². The van der Waals surface area contributed by atoms with Crippen molar-refractivity contribution in [3.8, 4) is 27.9 Å². The Bertz CT molecular complexity index is 3170. The number of benzene rings is 9. The first-order valence-electron chi connectivity index (χ1n) is 18.8. The summed E-state index contributed by atoms with van der Waals surface area (Å²) in [6.07, 6.45) is 0. The van der Waals surface area contributed by atoms with Gasteiger partial charge in [-0.05, 0) is 88.1 Å². The molecule has 0 N–H and O–H groups in total. The second-order valence-electron chi connectivity index (χ2n) is 14.1. The molecule has 55 heavy (non-hydrogen) atoms. The van der Waals surface area contributed by atoms with Crippen LogP contribution in [0, 0.1) is 0 Å². The fourth-order valence-electron chi connectivity index (χ4n) is 8.42. The summed E-state index contributed by atoms with van der Waals surface area (Å²) in [6, 6.07) is 73.9. The lowest BCUT2D eigenvalue weighted by Gasteiger charge is -2.26. The largest absolute Gasteiger partial charge is 0.454 e. The van der Waals surface area contributed by atoms with Crippen molar-refractivity contribution in [1.82, 2.24) is 4.57 Å². The summed E-state index contributed by atoms with van der Waals surface area (Å²) in [7, 11) is 0. The van der Waals surface area contributed by atoms with Gasteiger partial charge in [-0.15, -0.1) is 0 Å². The van der Waals surface area contributed by atoms with E-state index in [2.05, 4.69) is 204 Å². The molecule has 0 atom stereocenters. The maximum absolute atomic E-state index is 6.58. The predicted octanol–water partition coefficient (Wildman–Crippen LogP) is 14.6. The van der Waals surface area contributed by atoms with Gasteiger partial charge in [-0.3, -0.25) is 0 Å². The third-order valence-electron chi connectivity index (χ3n) is 11.0. The molecule has 3 nitrogen and oxygen atoms in total. The number of hydrogen-bond donors (Lipinski definition) is 0. The molecule has 0 aliphatic rings. The van der Waals surface area contributed by atoms with Gasteiger partial charge < -0.3 is 13.9 Å². The molecule has 0 saturated carbocycles. The summed E-state index contributed by atoms with van der Waals surface area (Å²) < 4.78 is 8.99. The van der Waals surface area contributed by atoms with Crippen LogP contribution in [0.3, 0.4) is 0 Å². The van der Waals surface area contributed by atoms with Crippen molar-refractivity contribution in [3.05, 3.63) is 206 Å². The van der Waals surface area contributed by atoms with Crippen LogP contribution in [-0.2, 0) is 0 Å². The third kappa shape index (κ3) is 5.13. The van der Waals surface area contributed by atoms with Gasteiger partial charge in [0.15, 0.2) is 5.58 Å². The van der Waals surface area contributed by atoms with Crippen molar-refractivity contribution in [2.75, 3.05) is 4.90 Å². The monoisotopic (exact) mass is 702 g/mol. The van der Waals surface area contributed by atoms with E-state index in [0.29, 0.717) is 0 Å². The maximum atomic E-state index is 6.58. The molecule has 3 heteroatoms. The Morgan fingerprint density at radius 1 is 0.382 bits per heavy atom. The summed E-state index contributed by atoms with van der Waals surface area (Å²) in [4.78, 5) is 2.32. The van der Waals surface area contributed by atoms with Crippen molar-refractivity contribution in [2.24, 2.45) is 0 Å². The number of furan rings is 1. The van der Waals surface area contributed by atoms with Gasteiger partial charge in [0.05, 0.1) is 22.4 Å². The molecular weight excluding hydrogens is 669 g/mol. The number of hydrogen-bond acceptors (Lipinski definition) is 2. The van der Waals surface area contributed by atoms with Crippen molar-refractivity contribution >= 4 is 71.6 Å². The molecule has 11 aromatic rings. The Hall–Kier alpha value is -7.36. The van der Waals surface area contributed by atoms with E-state index in [0.717, 1.165) is 55.8 Å². The number of para-hydroxylation sites is 5. The second kappa shape index (κ2) is 12.6. The van der Waals surface area contributed by atoms with Gasteiger partial charge >= 0.3 is 0 Å². The zero-order valence-corrected chi connectivity index (χ0v) is 29.9. The van der Waals surface area contributed by atoms with Gasteiger partial charge in [0.2, 0.25) is 0 Å². The molecule has 2 aromatic heterocycles. The molecule has 0 amide bonds. The van der Waals surface area contributed by atoms with Crippen LogP contribution >= 0.6 is 0 Å². The van der Waals surface area contributed by atoms with Crippen LogP contribution in [0.4, 0.5) is 17.1 Å². The average Bonchev–Trinajstić information content (AvgIpc) is 3.81. The molecule has 11 rings (SSSR count). The molecule has 0 saturated heterocycles. The lowest BCUT2D eigenvalue weighted by molar-refractivity contribution is 0.669. The Balaban J connectivity index is 1.02. The van der Waals surface area contributed by atoms with Gasteiger partial charge in [0.1, 0.15) is 5.58 Å². The van der Waals surface area contributed by atoms with Crippen molar-refractivity contribution in [1.29, 1.82) is 0 Å². The molecule has 0 radical (unpaired) electrons. The third-order valence-corrected chi connectivity index (χ3v) is 11.0. The molecule has 258 valence electrons. The van der Waals surface area contributed by atoms with Crippen LogP contribution in [0.1, 0.15) is 0 Å². The normalized spacial score (nSPS) is 11.6. The van der Waals surface area contributed by atoms with Gasteiger partial charge in [-0.1, -0.05) is 146 Å². The Morgan fingerprint density at radius 3 is 1.82 bits per heavy atom. The molecule has 0 fully saturated rings. The number of aromatic nitrogens is 1. The number of anilines is 3. The van der Waals surface area contributed by atoms with E-state index in [1.165, 1.54) is 43.7 Å². The smallest absolute Gasteiger partial charge is 0.159 e. The highest BCUT2D eigenvalue weighted by Crippen LogP contribution is 2.43. The molecule has 0 unspecified atom stereocenters. The summed E-state index contributed by atoms with van der Waals surface area (Å²) in [5.41, 5.74) is 13.1. The van der Waals surface area contributed by atoms with Crippen LogP contribution in [0.25, 0.3) is 82.5 Å². The Morgan fingerprint density at radius 2 is 1.00 bits per heavy atom. The molecule has 0 spiro atoms. The lowest BCUT2D eigenvalue weighted by atomic mass is 9.97. The van der Waals surface area contributed by atoms with E-state index in [1.807, 2.05) is 12.1 Å². The van der Waals surface area contributed by atoms with Crippen LogP contribution in [0.2, 0.25) is 0 Å². The van der Waals surface area contributed by atoms with E-state index in [-0.39, 0.29) is 0 Å². The van der Waals surface area contributed by atoms with Crippen LogP contribution < -0.4 is 4.90 Å². The summed E-state index contributed by atoms with van der Waals surface area (Å²) in [6.45, 7) is 0. The summed E-state index contributed by atoms with van der Waals surface area (Å²) >= 11 is 0. The second-order valence-corrected chi connectivity index (χ2v) is 14.1. The van der Waals surface area contributed by atoms with Gasteiger partial charge in [-0.25, -0.2) is 0 Å². The number of nitrogens with zero attached hydrogens (tertiary/aromatic N) is 2. The fourth-order valence-corrected chi connectivity index (χ4v) is 8.42. The highest BCUT2D eigenvalue weighted by molar-refractivity contribution is 6.11. The van der Waals surface area contributed by atoms with Crippen molar-refractivity contribution < 1.29 is 4.42 Å². The van der Waals surface area contributed by atoms with Crippen LogP contribution in [-0.4, -0.2) is 4.57 Å². The molecule has 0 aliphatic heterocycles. The first-order valence-corrected chi connectivity index (χ1v) is 18.8. The first-order chi connectivity index (χ1) is 27.3. The topological polar surface area (TPSA) is 21.3 Å². The maximum Gasteiger partial charge on any atom is 0.159 e. The minimum Gasteiger partial charge on any atom is -0.454 e. The van der Waals surface area contributed by atoms with Gasteiger partial charge in [0, 0.05) is 38.5 Å². The van der Waals surface area contributed by atoms with E-state index >= 15 is 0 Å². The highest BCUT2D eigenvalue weighted by Gasteiger charge is 2.20.